The van der Waals surface area contributed by atoms with Gasteiger partial charge >= 0.3 is 0 Å². The maximum Gasteiger partial charge on any atom is 0.264 e. The third kappa shape index (κ3) is 7.05. The predicted octanol–water partition coefficient (Wildman–Crippen LogP) is 4.41. The normalized spacial score (nSPS) is 11.8. The van der Waals surface area contributed by atoms with E-state index in [1.807, 2.05) is 6.92 Å². The highest BCUT2D eigenvalue weighted by molar-refractivity contribution is 7.92. The number of likely N-dealkylation sites (N-methyl/N-ethyl adjacent to an activating group) is 1. The zero-order valence-corrected chi connectivity index (χ0v) is 24.8. The van der Waals surface area contributed by atoms with Crippen molar-refractivity contribution >= 4 is 39.1 Å². The van der Waals surface area contributed by atoms with Crippen molar-refractivity contribution in [3.8, 4) is 11.5 Å². The summed E-state index contributed by atoms with van der Waals surface area (Å²) in [5.74, 6) is -0.360. The van der Waals surface area contributed by atoms with Crippen molar-refractivity contribution in [1.29, 1.82) is 0 Å². The summed E-state index contributed by atoms with van der Waals surface area (Å²) < 4.78 is 39.6. The van der Waals surface area contributed by atoms with Crippen LogP contribution in [0, 0.1) is 6.92 Å². The van der Waals surface area contributed by atoms with Gasteiger partial charge in [0.25, 0.3) is 10.0 Å². The lowest BCUT2D eigenvalue weighted by atomic mass is 10.1. The van der Waals surface area contributed by atoms with Gasteiger partial charge in [-0.25, -0.2) is 8.42 Å². The van der Waals surface area contributed by atoms with Gasteiger partial charge in [-0.05, 0) is 56.7 Å². The molecule has 0 saturated heterocycles. The molecule has 1 N–H and O–H groups in total. The molecule has 3 aromatic rings. The molecule has 0 fully saturated rings. The summed E-state index contributed by atoms with van der Waals surface area (Å²) in [6.07, 6.45) is 0. The molecule has 3 aromatic carbocycles. The van der Waals surface area contributed by atoms with Crippen LogP contribution in [0.5, 0.6) is 11.5 Å². The van der Waals surface area contributed by atoms with Crippen LogP contribution in [0.3, 0.4) is 0 Å². The molecule has 0 bridgehead atoms. The molecule has 0 aliphatic rings. The van der Waals surface area contributed by atoms with Crippen LogP contribution in [0.1, 0.15) is 25.0 Å². The molecule has 0 saturated carbocycles. The Hall–Kier alpha value is -3.76. The molecular weight excluding hydrogens is 554 g/mol. The highest BCUT2D eigenvalue weighted by Crippen LogP contribution is 2.32. The summed E-state index contributed by atoms with van der Waals surface area (Å²) >= 11 is 6.37. The Kier molecular flexibility index (Phi) is 10.4. The summed E-state index contributed by atoms with van der Waals surface area (Å²) in [7, 11) is -1.41. The highest BCUT2D eigenvalue weighted by Gasteiger charge is 2.33. The summed E-state index contributed by atoms with van der Waals surface area (Å²) in [5.41, 5.74) is 1.83. The molecule has 9 nitrogen and oxygen atoms in total. The zero-order chi connectivity index (χ0) is 29.4. The number of nitrogens with zero attached hydrogens (tertiary/aromatic N) is 2. The van der Waals surface area contributed by atoms with Crippen molar-refractivity contribution in [2.24, 2.45) is 0 Å². The lowest BCUT2D eigenvalue weighted by molar-refractivity contribution is -0.139. The van der Waals surface area contributed by atoms with E-state index in [9.17, 15) is 18.0 Å². The average molecular weight is 588 g/mol. The summed E-state index contributed by atoms with van der Waals surface area (Å²) in [5, 5.41) is 3.16. The van der Waals surface area contributed by atoms with Crippen molar-refractivity contribution in [2.75, 3.05) is 31.6 Å². The fraction of sp³-hybridized carbons (Fsp3) is 0.310. The number of hydrogen-bond acceptors (Lipinski definition) is 6. The van der Waals surface area contributed by atoms with Crippen LogP contribution in [0.25, 0.3) is 0 Å². The number of rotatable bonds is 12. The molecule has 40 heavy (non-hydrogen) atoms. The summed E-state index contributed by atoms with van der Waals surface area (Å²) in [4.78, 5) is 28.0. The van der Waals surface area contributed by atoms with E-state index < -0.39 is 28.5 Å². The van der Waals surface area contributed by atoms with Crippen molar-refractivity contribution in [1.82, 2.24) is 10.2 Å². The topological polar surface area (TPSA) is 105 Å². The van der Waals surface area contributed by atoms with Gasteiger partial charge in [-0.1, -0.05) is 47.5 Å². The molecule has 0 unspecified atom stereocenters. The monoisotopic (exact) mass is 587 g/mol. The first-order valence-electron chi connectivity index (χ1n) is 12.7. The second-order valence-electron chi connectivity index (χ2n) is 9.05. The molecule has 0 heterocycles. The second kappa shape index (κ2) is 13.5. The number of ether oxygens (including phenoxy) is 2. The Labute approximate surface area is 240 Å². The minimum atomic E-state index is -4.27. The van der Waals surface area contributed by atoms with E-state index in [1.165, 1.54) is 37.3 Å². The predicted molar refractivity (Wildman–Crippen MR) is 155 cm³/mol. The van der Waals surface area contributed by atoms with E-state index in [-0.39, 0.29) is 28.8 Å². The van der Waals surface area contributed by atoms with Crippen molar-refractivity contribution in [3.05, 3.63) is 82.9 Å². The van der Waals surface area contributed by atoms with E-state index in [2.05, 4.69) is 5.32 Å². The molecule has 11 heteroatoms. The molecule has 3 rings (SSSR count). The number of halogens is 1. The maximum absolute atomic E-state index is 14.0. The minimum Gasteiger partial charge on any atom is -0.493 e. The highest BCUT2D eigenvalue weighted by atomic mass is 35.5. The van der Waals surface area contributed by atoms with E-state index in [1.54, 1.807) is 62.4 Å². The molecule has 0 radical (unpaired) electrons. The van der Waals surface area contributed by atoms with Crippen LogP contribution in [-0.4, -0.2) is 58.5 Å². The van der Waals surface area contributed by atoms with Crippen LogP contribution in [0.2, 0.25) is 5.02 Å². The van der Waals surface area contributed by atoms with E-state index >= 15 is 0 Å². The lowest BCUT2D eigenvalue weighted by Crippen LogP contribution is -2.51. The molecule has 1 atom stereocenters. The van der Waals surface area contributed by atoms with Gasteiger partial charge in [0.05, 0.1) is 24.8 Å². The number of methoxy groups -OCH3 is 2. The number of carbonyl (C=O) groups excluding carboxylic acids is 2. The van der Waals surface area contributed by atoms with E-state index in [0.717, 1.165) is 9.87 Å². The second-order valence-corrected chi connectivity index (χ2v) is 11.3. The molecule has 0 spiro atoms. The lowest BCUT2D eigenvalue weighted by Gasteiger charge is -2.32. The van der Waals surface area contributed by atoms with Gasteiger partial charge in [0.1, 0.15) is 12.6 Å². The Morgan fingerprint density at radius 1 is 0.975 bits per heavy atom. The number of nitrogens with one attached hydrogen (secondary N) is 1. The third-order valence-electron chi connectivity index (χ3n) is 6.36. The fourth-order valence-corrected chi connectivity index (χ4v) is 5.68. The number of benzene rings is 3. The minimum absolute atomic E-state index is 0.00888. The van der Waals surface area contributed by atoms with E-state index in [4.69, 9.17) is 21.1 Å². The largest absolute Gasteiger partial charge is 0.493 e. The number of aryl methyl sites for hydroxylation is 1. The quantitative estimate of drug-likeness (QED) is 0.336. The molecule has 2 amide bonds. The van der Waals surface area contributed by atoms with Gasteiger partial charge in [-0.3, -0.25) is 13.9 Å². The zero-order valence-electron chi connectivity index (χ0n) is 23.2. The van der Waals surface area contributed by atoms with Crippen LogP contribution in [0.15, 0.2) is 71.6 Å². The first-order valence-corrected chi connectivity index (χ1v) is 14.5. The van der Waals surface area contributed by atoms with Crippen molar-refractivity contribution < 1.29 is 27.5 Å². The van der Waals surface area contributed by atoms with Crippen molar-refractivity contribution in [3.63, 3.8) is 0 Å². The molecule has 0 aromatic heterocycles. The van der Waals surface area contributed by atoms with Crippen LogP contribution in [0.4, 0.5) is 5.69 Å². The standard InChI is InChI=1S/C29H34ClN3O6S/c1-6-31-29(35)21(3)32(18-22-9-7-8-10-25(22)30)28(34)19-33(23-13-11-20(2)12-14-23)40(36,37)24-15-16-26(38-4)27(17-24)39-5/h7-17,21H,6,18-19H2,1-5H3,(H,31,35)/t21-/m0/s1. The Morgan fingerprint density at radius 3 is 2.23 bits per heavy atom. The Morgan fingerprint density at radius 2 is 1.62 bits per heavy atom. The first kappa shape index (κ1) is 30.8. The number of anilines is 1. The Bertz CT molecular complexity index is 1450. The molecule has 0 aliphatic heterocycles. The van der Waals surface area contributed by atoms with Gasteiger partial charge in [0.15, 0.2) is 11.5 Å². The molecular formula is C29H34ClN3O6S. The smallest absolute Gasteiger partial charge is 0.264 e. The SMILES string of the molecule is CCNC(=O)[C@H](C)N(Cc1ccccc1Cl)C(=O)CN(c1ccc(C)cc1)S(=O)(=O)c1ccc(OC)c(OC)c1. The number of hydrogen-bond donors (Lipinski definition) is 1. The van der Waals surface area contributed by atoms with Crippen molar-refractivity contribution in [2.45, 2.75) is 38.3 Å². The van der Waals surface area contributed by atoms with Gasteiger partial charge in [-0.2, -0.15) is 0 Å². The van der Waals surface area contributed by atoms with Gasteiger partial charge in [0, 0.05) is 24.2 Å². The first-order chi connectivity index (χ1) is 19.0. The van der Waals surface area contributed by atoms with E-state index in [0.29, 0.717) is 22.9 Å². The van der Waals surface area contributed by atoms with Crippen LogP contribution >= 0.6 is 11.6 Å². The molecule has 0 aliphatic carbocycles. The van der Waals surface area contributed by atoms with Crippen LogP contribution < -0.4 is 19.1 Å². The van der Waals surface area contributed by atoms with Gasteiger partial charge < -0.3 is 19.7 Å². The third-order valence-corrected chi connectivity index (χ3v) is 8.50. The van der Waals surface area contributed by atoms with Crippen LogP contribution in [-0.2, 0) is 26.2 Å². The molecule has 214 valence electrons. The summed E-state index contributed by atoms with van der Waals surface area (Å²) in [6, 6.07) is 17.1. The Balaban J connectivity index is 2.08. The number of sulfonamides is 1. The van der Waals surface area contributed by atoms with Gasteiger partial charge in [0.2, 0.25) is 11.8 Å². The summed E-state index contributed by atoms with van der Waals surface area (Å²) in [6.45, 7) is 5.07. The fourth-order valence-electron chi connectivity index (χ4n) is 4.06. The number of carbonyl (C=O) groups is 2. The maximum atomic E-state index is 14.0. The number of amides is 2. The average Bonchev–Trinajstić information content (AvgIpc) is 2.95. The van der Waals surface area contributed by atoms with Gasteiger partial charge in [-0.15, -0.1) is 0 Å².